The van der Waals surface area contributed by atoms with E-state index in [0.717, 1.165) is 0 Å². The van der Waals surface area contributed by atoms with E-state index in [2.05, 4.69) is 9.47 Å². The van der Waals surface area contributed by atoms with Gasteiger partial charge in [-0.05, 0) is 0 Å². The fourth-order valence-corrected chi connectivity index (χ4v) is 1.52. The van der Waals surface area contributed by atoms with Crippen molar-refractivity contribution in [3.63, 3.8) is 0 Å². The maximum absolute atomic E-state index is 11.5. The molecule has 0 radical (unpaired) electrons. The van der Waals surface area contributed by atoms with Crippen LogP contribution in [-0.4, -0.2) is 52.1 Å². The first-order chi connectivity index (χ1) is 7.69. The van der Waals surface area contributed by atoms with Crippen molar-refractivity contribution in [2.75, 3.05) is 34.0 Å². The standard InChI is InChI=1S/C10H16O6/c1-13-9(11)5-7(10(12)14-2)8-6-15-3-4-16-8/h7-8H,3-6H2,1-2H3/t7-,8-/m0/s1. The summed E-state index contributed by atoms with van der Waals surface area (Å²) in [6.07, 6.45) is -0.503. The van der Waals surface area contributed by atoms with Gasteiger partial charge in [0.1, 0.15) is 0 Å². The molecule has 6 heteroatoms. The van der Waals surface area contributed by atoms with Crippen LogP contribution in [0.2, 0.25) is 0 Å². The summed E-state index contributed by atoms with van der Waals surface area (Å²) in [6, 6.07) is 0. The van der Waals surface area contributed by atoms with Crippen LogP contribution in [0.1, 0.15) is 6.42 Å². The van der Waals surface area contributed by atoms with E-state index in [0.29, 0.717) is 13.2 Å². The molecule has 0 aliphatic carbocycles. The highest BCUT2D eigenvalue weighted by Gasteiger charge is 2.34. The summed E-state index contributed by atoms with van der Waals surface area (Å²) in [6.45, 7) is 1.21. The highest BCUT2D eigenvalue weighted by Crippen LogP contribution is 2.18. The zero-order valence-corrected chi connectivity index (χ0v) is 9.43. The molecule has 6 nitrogen and oxygen atoms in total. The van der Waals surface area contributed by atoms with Gasteiger partial charge >= 0.3 is 11.9 Å². The quantitative estimate of drug-likeness (QED) is 0.623. The molecule has 0 bridgehead atoms. The number of methoxy groups -OCH3 is 2. The first-order valence-electron chi connectivity index (χ1n) is 5.03. The van der Waals surface area contributed by atoms with Crippen molar-refractivity contribution in [2.24, 2.45) is 5.92 Å². The van der Waals surface area contributed by atoms with Gasteiger partial charge in [0.05, 0.1) is 52.5 Å². The van der Waals surface area contributed by atoms with E-state index in [1.807, 2.05) is 0 Å². The number of carbonyl (C=O) groups excluding carboxylic acids is 2. The predicted molar refractivity (Wildman–Crippen MR) is 52.7 cm³/mol. The van der Waals surface area contributed by atoms with Crippen LogP contribution in [0.3, 0.4) is 0 Å². The third kappa shape index (κ3) is 3.46. The molecule has 1 saturated heterocycles. The Bertz CT molecular complexity index is 246. The van der Waals surface area contributed by atoms with Crippen molar-refractivity contribution < 1.29 is 28.5 Å². The number of carbonyl (C=O) groups is 2. The lowest BCUT2D eigenvalue weighted by molar-refractivity contribution is -0.167. The molecule has 92 valence electrons. The molecule has 1 heterocycles. The lowest BCUT2D eigenvalue weighted by Crippen LogP contribution is -2.40. The normalized spacial score (nSPS) is 22.2. The Hall–Kier alpha value is -1.14. The highest BCUT2D eigenvalue weighted by atomic mass is 16.6. The Morgan fingerprint density at radius 2 is 2.06 bits per heavy atom. The third-order valence-electron chi connectivity index (χ3n) is 2.41. The second kappa shape index (κ2) is 6.44. The van der Waals surface area contributed by atoms with Crippen molar-refractivity contribution in [3.8, 4) is 0 Å². The molecule has 0 unspecified atom stereocenters. The molecular formula is C10H16O6. The van der Waals surface area contributed by atoms with Gasteiger partial charge in [0, 0.05) is 0 Å². The van der Waals surface area contributed by atoms with Crippen LogP contribution >= 0.6 is 0 Å². The van der Waals surface area contributed by atoms with Crippen LogP contribution < -0.4 is 0 Å². The number of hydrogen-bond donors (Lipinski definition) is 0. The molecule has 2 atom stereocenters. The minimum absolute atomic E-state index is 0.0583. The van der Waals surface area contributed by atoms with Gasteiger partial charge in [-0.1, -0.05) is 0 Å². The molecule has 0 N–H and O–H groups in total. The highest BCUT2D eigenvalue weighted by molar-refractivity contribution is 5.80. The molecule has 0 aromatic carbocycles. The summed E-state index contributed by atoms with van der Waals surface area (Å²) in [5.41, 5.74) is 0. The maximum atomic E-state index is 11.5. The Labute approximate surface area is 93.8 Å². The topological polar surface area (TPSA) is 71.1 Å². The monoisotopic (exact) mass is 232 g/mol. The van der Waals surface area contributed by atoms with Gasteiger partial charge in [-0.2, -0.15) is 0 Å². The van der Waals surface area contributed by atoms with Crippen LogP contribution in [0.4, 0.5) is 0 Å². The van der Waals surface area contributed by atoms with E-state index in [9.17, 15) is 9.59 Å². The van der Waals surface area contributed by atoms with Crippen LogP contribution in [0.25, 0.3) is 0 Å². The second-order valence-corrected chi connectivity index (χ2v) is 3.39. The number of hydrogen-bond acceptors (Lipinski definition) is 6. The van der Waals surface area contributed by atoms with Gasteiger partial charge in [-0.15, -0.1) is 0 Å². The van der Waals surface area contributed by atoms with E-state index < -0.39 is 24.0 Å². The average molecular weight is 232 g/mol. The van der Waals surface area contributed by atoms with E-state index in [-0.39, 0.29) is 13.0 Å². The second-order valence-electron chi connectivity index (χ2n) is 3.39. The van der Waals surface area contributed by atoms with Crippen molar-refractivity contribution >= 4 is 11.9 Å². The smallest absolute Gasteiger partial charge is 0.311 e. The molecule has 1 aliphatic heterocycles. The van der Waals surface area contributed by atoms with Gasteiger partial charge in [0.2, 0.25) is 0 Å². The summed E-state index contributed by atoms with van der Waals surface area (Å²) in [7, 11) is 2.55. The Balaban J connectivity index is 2.61. The van der Waals surface area contributed by atoms with Crippen LogP contribution in [0, 0.1) is 5.92 Å². The van der Waals surface area contributed by atoms with Crippen LogP contribution in [-0.2, 0) is 28.5 Å². The number of ether oxygens (including phenoxy) is 4. The molecule has 0 aromatic heterocycles. The Morgan fingerprint density at radius 3 is 2.56 bits per heavy atom. The average Bonchev–Trinajstić information content (AvgIpc) is 2.35. The van der Waals surface area contributed by atoms with Gasteiger partial charge < -0.3 is 18.9 Å². The van der Waals surface area contributed by atoms with Crippen LogP contribution in [0.5, 0.6) is 0 Å². The lowest BCUT2D eigenvalue weighted by atomic mass is 9.98. The van der Waals surface area contributed by atoms with Gasteiger partial charge in [-0.25, -0.2) is 0 Å². The number of esters is 2. The van der Waals surface area contributed by atoms with Crippen molar-refractivity contribution in [3.05, 3.63) is 0 Å². The minimum Gasteiger partial charge on any atom is -0.469 e. The molecule has 0 saturated carbocycles. The molecular weight excluding hydrogens is 216 g/mol. The maximum Gasteiger partial charge on any atom is 0.311 e. The predicted octanol–water partition coefficient (Wildman–Crippen LogP) is -0.246. The SMILES string of the molecule is COC(=O)C[C@H](C(=O)OC)[C@@H]1COCCO1. The van der Waals surface area contributed by atoms with E-state index in [4.69, 9.17) is 9.47 Å². The Morgan fingerprint density at radius 1 is 1.31 bits per heavy atom. The summed E-state index contributed by atoms with van der Waals surface area (Å²) in [5, 5.41) is 0. The minimum atomic E-state index is -0.669. The first kappa shape index (κ1) is 12.9. The number of rotatable bonds is 4. The van der Waals surface area contributed by atoms with Crippen LogP contribution in [0.15, 0.2) is 0 Å². The first-order valence-corrected chi connectivity index (χ1v) is 5.03. The zero-order chi connectivity index (χ0) is 12.0. The molecule has 0 spiro atoms. The third-order valence-corrected chi connectivity index (χ3v) is 2.41. The summed E-state index contributed by atoms with van der Waals surface area (Å²) >= 11 is 0. The van der Waals surface area contributed by atoms with E-state index in [1.54, 1.807) is 0 Å². The van der Waals surface area contributed by atoms with E-state index >= 15 is 0 Å². The van der Waals surface area contributed by atoms with Crippen molar-refractivity contribution in [1.29, 1.82) is 0 Å². The van der Waals surface area contributed by atoms with E-state index in [1.165, 1.54) is 14.2 Å². The van der Waals surface area contributed by atoms with Crippen molar-refractivity contribution in [2.45, 2.75) is 12.5 Å². The Kier molecular flexibility index (Phi) is 5.21. The molecule has 1 rings (SSSR count). The summed E-state index contributed by atoms with van der Waals surface area (Å²) in [4.78, 5) is 22.7. The van der Waals surface area contributed by atoms with Crippen molar-refractivity contribution in [1.82, 2.24) is 0 Å². The molecule has 1 fully saturated rings. The fraction of sp³-hybridized carbons (Fsp3) is 0.800. The molecule has 16 heavy (non-hydrogen) atoms. The lowest BCUT2D eigenvalue weighted by Gasteiger charge is -2.28. The largest absolute Gasteiger partial charge is 0.469 e. The molecule has 0 amide bonds. The molecule has 0 aromatic rings. The van der Waals surface area contributed by atoms with Gasteiger partial charge in [-0.3, -0.25) is 9.59 Å². The zero-order valence-electron chi connectivity index (χ0n) is 9.43. The summed E-state index contributed by atoms with van der Waals surface area (Å²) in [5.74, 6) is -1.62. The fourth-order valence-electron chi connectivity index (χ4n) is 1.52. The summed E-state index contributed by atoms with van der Waals surface area (Å²) < 4.78 is 19.7. The van der Waals surface area contributed by atoms with Gasteiger partial charge in [0.25, 0.3) is 0 Å². The molecule has 1 aliphatic rings. The van der Waals surface area contributed by atoms with Gasteiger partial charge in [0.15, 0.2) is 0 Å².